The average Bonchev–Trinajstić information content (AvgIpc) is 3.02. The van der Waals surface area contributed by atoms with E-state index in [1.54, 1.807) is 31.2 Å². The van der Waals surface area contributed by atoms with Crippen LogP contribution in [0.2, 0.25) is 0 Å². The lowest BCUT2D eigenvalue weighted by Gasteiger charge is -2.43. The Bertz CT molecular complexity index is 1100. The molecule has 0 aromatic heterocycles. The third-order valence-electron chi connectivity index (χ3n) is 9.53. The number of cyclic esters (lactones) is 1. The van der Waals surface area contributed by atoms with Gasteiger partial charge in [-0.3, -0.25) is 4.79 Å². The zero-order chi connectivity index (χ0) is 35.0. The van der Waals surface area contributed by atoms with Gasteiger partial charge in [0, 0.05) is 29.9 Å². The van der Waals surface area contributed by atoms with Gasteiger partial charge in [0.15, 0.2) is 18.4 Å². The highest BCUT2D eigenvalue weighted by atomic mass is 16.7. The molecular formula is C35H57NO11. The van der Waals surface area contributed by atoms with E-state index in [9.17, 15) is 30.0 Å². The number of allylic oxidation sites excluding steroid dienone is 3. The molecule has 0 radical (unpaired) electrons. The van der Waals surface area contributed by atoms with E-state index >= 15 is 0 Å². The van der Waals surface area contributed by atoms with E-state index in [0.717, 1.165) is 0 Å². The number of ketones is 1. The highest BCUT2D eigenvalue weighted by Gasteiger charge is 2.43. The van der Waals surface area contributed by atoms with Crippen molar-refractivity contribution in [3.05, 3.63) is 36.5 Å². The van der Waals surface area contributed by atoms with Crippen molar-refractivity contribution < 1.29 is 53.7 Å². The van der Waals surface area contributed by atoms with Crippen LogP contribution in [0.1, 0.15) is 60.8 Å². The van der Waals surface area contributed by atoms with Gasteiger partial charge in [0.1, 0.15) is 30.5 Å². The summed E-state index contributed by atoms with van der Waals surface area (Å²) in [5.74, 6) is -1.87. The molecule has 0 aliphatic carbocycles. The van der Waals surface area contributed by atoms with Crippen molar-refractivity contribution in [2.24, 2.45) is 23.7 Å². The largest absolute Gasteiger partial charge is 0.459 e. The maximum absolute atomic E-state index is 13.1. The summed E-state index contributed by atoms with van der Waals surface area (Å²) >= 11 is 0. The monoisotopic (exact) mass is 667 g/mol. The van der Waals surface area contributed by atoms with E-state index in [0.29, 0.717) is 19.3 Å². The zero-order valence-electron chi connectivity index (χ0n) is 29.0. The normalized spacial score (nSPS) is 44.9. The van der Waals surface area contributed by atoms with E-state index in [-0.39, 0.29) is 42.3 Å². The van der Waals surface area contributed by atoms with Crippen LogP contribution in [-0.2, 0) is 33.3 Å². The number of esters is 1. The Labute approximate surface area is 279 Å². The SMILES string of the molecule is CC[C@@H]1OC(=O)/C=C/[C@@H](C)[C@@H](O[C@@H]2O[C@H](C)C[C@H](N(C)C)[C@H]2O)[C@H](C)C[C@@H](C)C(=O)/C=C/C=C/[C@@H]1CO[C@@H]1O[C@H](C)[C@@H](O)[C@@H](O)[C@H]1O. The number of carbonyl (C=O) groups excluding carboxylic acids is 2. The lowest BCUT2D eigenvalue weighted by molar-refractivity contribution is -0.295. The van der Waals surface area contributed by atoms with Crippen LogP contribution in [0.4, 0.5) is 0 Å². The van der Waals surface area contributed by atoms with Crippen LogP contribution in [0.5, 0.6) is 0 Å². The van der Waals surface area contributed by atoms with Gasteiger partial charge in [0.25, 0.3) is 0 Å². The lowest BCUT2D eigenvalue weighted by Crippen LogP contribution is -2.57. The van der Waals surface area contributed by atoms with Crippen LogP contribution in [0.25, 0.3) is 0 Å². The molecular weight excluding hydrogens is 610 g/mol. The number of hydrogen-bond acceptors (Lipinski definition) is 12. The summed E-state index contributed by atoms with van der Waals surface area (Å²) in [5, 5.41) is 41.8. The summed E-state index contributed by atoms with van der Waals surface area (Å²) in [5.41, 5.74) is 0. The Hall–Kier alpha value is -2.00. The van der Waals surface area contributed by atoms with Crippen LogP contribution >= 0.6 is 0 Å². The summed E-state index contributed by atoms with van der Waals surface area (Å²) in [6.07, 6.45) is 2.12. The second kappa shape index (κ2) is 18.1. The van der Waals surface area contributed by atoms with Gasteiger partial charge in [0.2, 0.25) is 0 Å². The van der Waals surface area contributed by atoms with Gasteiger partial charge in [0.05, 0.1) is 24.9 Å². The third kappa shape index (κ3) is 10.7. The molecule has 0 aromatic rings. The molecule has 2 saturated heterocycles. The van der Waals surface area contributed by atoms with Crippen molar-refractivity contribution in [1.29, 1.82) is 0 Å². The summed E-state index contributed by atoms with van der Waals surface area (Å²) in [6, 6.07) is -0.152. The lowest BCUT2D eigenvalue weighted by atomic mass is 9.84. The second-order valence-corrected chi connectivity index (χ2v) is 13.7. The number of aliphatic hydroxyl groups is 4. The molecule has 12 heteroatoms. The van der Waals surface area contributed by atoms with E-state index in [4.69, 9.17) is 23.7 Å². The van der Waals surface area contributed by atoms with E-state index < -0.39 is 67.2 Å². The Morgan fingerprint density at radius 1 is 0.851 bits per heavy atom. The molecule has 0 unspecified atom stereocenters. The van der Waals surface area contributed by atoms with Gasteiger partial charge >= 0.3 is 5.97 Å². The first kappa shape index (κ1) is 39.4. The molecule has 3 aliphatic heterocycles. The molecule has 3 heterocycles. The molecule has 4 N–H and O–H groups in total. The third-order valence-corrected chi connectivity index (χ3v) is 9.53. The maximum atomic E-state index is 13.1. The van der Waals surface area contributed by atoms with Gasteiger partial charge in [-0.15, -0.1) is 0 Å². The molecule has 2 fully saturated rings. The van der Waals surface area contributed by atoms with Crippen LogP contribution in [0.15, 0.2) is 36.5 Å². The number of likely N-dealkylation sites (N-methyl/N-ethyl adjacent to an activating group) is 1. The molecule has 268 valence electrons. The molecule has 0 spiro atoms. The van der Waals surface area contributed by atoms with Crippen LogP contribution in [-0.4, -0.2) is 125 Å². The quantitative estimate of drug-likeness (QED) is 0.293. The summed E-state index contributed by atoms with van der Waals surface area (Å²) in [4.78, 5) is 28.2. The molecule has 12 nitrogen and oxygen atoms in total. The predicted octanol–water partition coefficient (Wildman–Crippen LogP) is 2.13. The molecule has 0 amide bonds. The topological polar surface area (TPSA) is 164 Å². The molecule has 47 heavy (non-hydrogen) atoms. The number of aliphatic hydroxyl groups excluding tert-OH is 4. The molecule has 0 aromatic carbocycles. The molecule has 0 bridgehead atoms. The van der Waals surface area contributed by atoms with Crippen molar-refractivity contribution in [3.8, 4) is 0 Å². The van der Waals surface area contributed by atoms with Crippen molar-refractivity contribution in [3.63, 3.8) is 0 Å². The van der Waals surface area contributed by atoms with Gasteiger partial charge in [-0.1, -0.05) is 52.0 Å². The van der Waals surface area contributed by atoms with Crippen LogP contribution < -0.4 is 0 Å². The standard InChI is InChI=1S/C35H57NO11/c1-9-27-24(18-43-34-32(42)31(41)29(39)23(6)45-34)12-10-11-13-26(37)20(3)16-21(4)33(19(2)14-15-28(38)46-27)47-35-30(40)25(36(7)8)17-22(5)44-35/h10-15,19-25,27,29-35,39-42H,9,16-18H2,1-8H3/b12-10+,13-11+,15-14+/t19-,20-,21-,22-,23-,24-,25+,27+,29-,30-,31-,32-,33-,34-,35+/m1/s1. The number of ether oxygens (including phenoxy) is 5. The van der Waals surface area contributed by atoms with Crippen LogP contribution in [0, 0.1) is 23.7 Å². The highest BCUT2D eigenvalue weighted by molar-refractivity contribution is 5.91. The number of hydrogen-bond donors (Lipinski definition) is 4. The zero-order valence-corrected chi connectivity index (χ0v) is 29.0. The Morgan fingerprint density at radius 2 is 1.55 bits per heavy atom. The fourth-order valence-electron chi connectivity index (χ4n) is 6.56. The summed E-state index contributed by atoms with van der Waals surface area (Å²) in [7, 11) is 3.82. The summed E-state index contributed by atoms with van der Waals surface area (Å²) in [6.45, 7) is 11.1. The minimum absolute atomic E-state index is 0.0403. The fraction of sp³-hybridized carbons (Fsp3) is 0.771. The first-order valence-electron chi connectivity index (χ1n) is 16.9. The van der Waals surface area contributed by atoms with E-state index in [1.165, 1.54) is 12.2 Å². The van der Waals surface area contributed by atoms with Crippen molar-refractivity contribution in [1.82, 2.24) is 4.90 Å². The van der Waals surface area contributed by atoms with Crippen molar-refractivity contribution >= 4 is 11.8 Å². The number of nitrogens with zero attached hydrogens (tertiary/aromatic N) is 1. The van der Waals surface area contributed by atoms with Gasteiger partial charge in [-0.05, 0) is 59.2 Å². The summed E-state index contributed by atoms with van der Waals surface area (Å²) < 4.78 is 29.8. The first-order chi connectivity index (χ1) is 22.1. The Kier molecular flexibility index (Phi) is 15.2. The Balaban J connectivity index is 1.84. The Morgan fingerprint density at radius 3 is 2.21 bits per heavy atom. The fourth-order valence-corrected chi connectivity index (χ4v) is 6.56. The molecule has 3 aliphatic rings. The van der Waals surface area contributed by atoms with Gasteiger partial charge in [-0.25, -0.2) is 4.79 Å². The van der Waals surface area contributed by atoms with Crippen LogP contribution in [0.3, 0.4) is 0 Å². The first-order valence-corrected chi connectivity index (χ1v) is 16.9. The smallest absolute Gasteiger partial charge is 0.330 e. The highest BCUT2D eigenvalue weighted by Crippen LogP contribution is 2.31. The minimum atomic E-state index is -1.47. The van der Waals surface area contributed by atoms with Gasteiger partial charge in [-0.2, -0.15) is 0 Å². The molecule has 0 saturated carbocycles. The van der Waals surface area contributed by atoms with Crippen molar-refractivity contribution in [2.45, 2.75) is 128 Å². The van der Waals surface area contributed by atoms with E-state index in [2.05, 4.69) is 0 Å². The number of carbonyl (C=O) groups is 2. The van der Waals surface area contributed by atoms with Gasteiger partial charge < -0.3 is 49.0 Å². The predicted molar refractivity (Wildman–Crippen MR) is 174 cm³/mol. The van der Waals surface area contributed by atoms with Crippen molar-refractivity contribution in [2.75, 3.05) is 20.7 Å². The minimum Gasteiger partial charge on any atom is -0.459 e. The maximum Gasteiger partial charge on any atom is 0.330 e. The molecule has 3 rings (SSSR count). The molecule has 15 atom stereocenters. The average molecular weight is 668 g/mol. The number of rotatable bonds is 7. The second-order valence-electron chi connectivity index (χ2n) is 13.7. The van der Waals surface area contributed by atoms with E-state index in [1.807, 2.05) is 53.6 Å².